The lowest BCUT2D eigenvalue weighted by atomic mass is 9.65. The van der Waals surface area contributed by atoms with E-state index in [-0.39, 0.29) is 4.90 Å². The SMILES string of the molecule is COc1ccc(C(c2ccccc2)(c2ccccc2)c2ccc(S(=O)(=O)O)cc2)cc1. The van der Waals surface area contributed by atoms with E-state index in [4.69, 9.17) is 4.74 Å². The van der Waals surface area contributed by atoms with Crippen LogP contribution in [-0.2, 0) is 15.5 Å². The lowest BCUT2D eigenvalue weighted by molar-refractivity contribution is 0.414. The molecule has 0 aromatic heterocycles. The molecule has 0 spiro atoms. The van der Waals surface area contributed by atoms with Crippen LogP contribution in [0, 0.1) is 0 Å². The van der Waals surface area contributed by atoms with Gasteiger partial charge in [0.1, 0.15) is 5.75 Å². The standard InChI is InChI=1S/C26H22O4S/c1-30-24-16-12-22(13-17-24)26(20-8-4-2-5-9-20,21-10-6-3-7-11-21)23-14-18-25(19-15-23)31(27,28)29/h2-19H,1H3,(H,27,28,29). The first-order chi connectivity index (χ1) is 15.0. The molecule has 0 atom stereocenters. The first kappa shape index (κ1) is 20.8. The largest absolute Gasteiger partial charge is 0.497 e. The summed E-state index contributed by atoms with van der Waals surface area (Å²) >= 11 is 0. The number of hydrogen-bond donors (Lipinski definition) is 1. The predicted octanol–water partition coefficient (Wildman–Crippen LogP) is 5.32. The normalized spacial score (nSPS) is 11.8. The number of ether oxygens (including phenoxy) is 1. The summed E-state index contributed by atoms with van der Waals surface area (Å²) in [5.74, 6) is 0.750. The molecular weight excluding hydrogens is 408 g/mol. The van der Waals surface area contributed by atoms with Crippen LogP contribution in [0.25, 0.3) is 0 Å². The molecule has 0 heterocycles. The molecule has 0 aliphatic heterocycles. The molecule has 0 aliphatic carbocycles. The molecule has 4 rings (SSSR count). The Balaban J connectivity index is 2.07. The van der Waals surface area contributed by atoms with Crippen LogP contribution >= 0.6 is 0 Å². The Morgan fingerprint density at radius 3 is 1.39 bits per heavy atom. The second kappa shape index (κ2) is 8.38. The van der Waals surface area contributed by atoms with E-state index in [1.54, 1.807) is 19.2 Å². The van der Waals surface area contributed by atoms with E-state index in [2.05, 4.69) is 24.3 Å². The van der Waals surface area contributed by atoms with Crippen LogP contribution in [0.3, 0.4) is 0 Å². The molecule has 0 unspecified atom stereocenters. The highest BCUT2D eigenvalue weighted by atomic mass is 32.2. The minimum atomic E-state index is -4.28. The lowest BCUT2D eigenvalue weighted by Crippen LogP contribution is -2.31. The van der Waals surface area contributed by atoms with Gasteiger partial charge in [-0.1, -0.05) is 84.9 Å². The Morgan fingerprint density at radius 2 is 1.00 bits per heavy atom. The van der Waals surface area contributed by atoms with Crippen molar-refractivity contribution in [2.45, 2.75) is 10.3 Å². The van der Waals surface area contributed by atoms with Crippen molar-refractivity contribution < 1.29 is 17.7 Å². The van der Waals surface area contributed by atoms with Gasteiger partial charge in [0.15, 0.2) is 0 Å². The molecule has 4 nitrogen and oxygen atoms in total. The molecule has 31 heavy (non-hydrogen) atoms. The van der Waals surface area contributed by atoms with Crippen molar-refractivity contribution in [3.05, 3.63) is 131 Å². The van der Waals surface area contributed by atoms with E-state index < -0.39 is 15.5 Å². The van der Waals surface area contributed by atoms with Gasteiger partial charge in [0.25, 0.3) is 10.1 Å². The number of hydrogen-bond acceptors (Lipinski definition) is 3. The van der Waals surface area contributed by atoms with Gasteiger partial charge in [-0.05, 0) is 46.5 Å². The van der Waals surface area contributed by atoms with E-state index >= 15 is 0 Å². The van der Waals surface area contributed by atoms with Crippen LogP contribution in [0.5, 0.6) is 5.75 Å². The fraction of sp³-hybridized carbons (Fsp3) is 0.0769. The first-order valence-electron chi connectivity index (χ1n) is 9.80. The highest BCUT2D eigenvalue weighted by Gasteiger charge is 2.38. The highest BCUT2D eigenvalue weighted by molar-refractivity contribution is 7.85. The summed E-state index contributed by atoms with van der Waals surface area (Å²) in [6, 6.07) is 34.4. The molecule has 0 amide bonds. The minimum Gasteiger partial charge on any atom is -0.497 e. The Bertz CT molecular complexity index is 1210. The molecule has 156 valence electrons. The maximum Gasteiger partial charge on any atom is 0.294 e. The zero-order chi connectivity index (χ0) is 21.9. The van der Waals surface area contributed by atoms with Crippen molar-refractivity contribution in [2.75, 3.05) is 7.11 Å². The van der Waals surface area contributed by atoms with Crippen molar-refractivity contribution in [1.82, 2.24) is 0 Å². The maximum atomic E-state index is 11.6. The van der Waals surface area contributed by atoms with Crippen LogP contribution in [-0.4, -0.2) is 20.1 Å². The summed E-state index contributed by atoms with van der Waals surface area (Å²) in [4.78, 5) is -0.138. The van der Waals surface area contributed by atoms with Gasteiger partial charge in [0.05, 0.1) is 17.4 Å². The summed E-state index contributed by atoms with van der Waals surface area (Å²) in [5, 5.41) is 0. The molecule has 1 N–H and O–H groups in total. The van der Waals surface area contributed by atoms with Crippen LogP contribution in [0.4, 0.5) is 0 Å². The fourth-order valence-electron chi connectivity index (χ4n) is 4.09. The zero-order valence-electron chi connectivity index (χ0n) is 17.0. The Labute approximate surface area is 182 Å². The molecule has 0 bridgehead atoms. The van der Waals surface area contributed by atoms with Gasteiger partial charge >= 0.3 is 0 Å². The molecule has 0 fully saturated rings. The maximum absolute atomic E-state index is 11.6. The molecule has 0 saturated heterocycles. The van der Waals surface area contributed by atoms with Gasteiger partial charge in [0.2, 0.25) is 0 Å². The predicted molar refractivity (Wildman–Crippen MR) is 121 cm³/mol. The van der Waals surface area contributed by atoms with E-state index in [0.717, 1.165) is 28.0 Å². The molecule has 5 heteroatoms. The van der Waals surface area contributed by atoms with Gasteiger partial charge in [-0.15, -0.1) is 0 Å². The third-order valence-electron chi connectivity index (χ3n) is 5.52. The van der Waals surface area contributed by atoms with Crippen molar-refractivity contribution in [3.63, 3.8) is 0 Å². The molecule has 0 aliphatic rings. The van der Waals surface area contributed by atoms with Gasteiger partial charge < -0.3 is 4.74 Å². The van der Waals surface area contributed by atoms with E-state index in [0.29, 0.717) is 0 Å². The van der Waals surface area contributed by atoms with Gasteiger partial charge in [-0.25, -0.2) is 0 Å². The highest BCUT2D eigenvalue weighted by Crippen LogP contribution is 2.45. The van der Waals surface area contributed by atoms with Gasteiger partial charge in [0, 0.05) is 0 Å². The second-order valence-electron chi connectivity index (χ2n) is 7.21. The molecular formula is C26H22O4S. The average molecular weight is 431 g/mol. The van der Waals surface area contributed by atoms with Crippen LogP contribution in [0.1, 0.15) is 22.3 Å². The third kappa shape index (κ3) is 3.85. The lowest BCUT2D eigenvalue weighted by Gasteiger charge is -2.37. The molecule has 0 radical (unpaired) electrons. The average Bonchev–Trinajstić information content (AvgIpc) is 2.81. The summed E-state index contributed by atoms with van der Waals surface area (Å²) in [6.07, 6.45) is 0. The van der Waals surface area contributed by atoms with Gasteiger partial charge in [-0.3, -0.25) is 4.55 Å². The Morgan fingerprint density at radius 1 is 0.613 bits per heavy atom. The van der Waals surface area contributed by atoms with Crippen molar-refractivity contribution >= 4 is 10.1 Å². The van der Waals surface area contributed by atoms with Crippen molar-refractivity contribution in [3.8, 4) is 5.75 Å². The minimum absolute atomic E-state index is 0.138. The van der Waals surface area contributed by atoms with Crippen LogP contribution in [0.15, 0.2) is 114 Å². The molecule has 4 aromatic rings. The third-order valence-corrected chi connectivity index (χ3v) is 6.39. The van der Waals surface area contributed by atoms with Gasteiger partial charge in [-0.2, -0.15) is 8.42 Å². The number of methoxy groups -OCH3 is 1. The van der Waals surface area contributed by atoms with Crippen LogP contribution in [0.2, 0.25) is 0 Å². The summed E-state index contributed by atoms with van der Waals surface area (Å²) in [7, 11) is -2.65. The molecule has 0 saturated carbocycles. The quantitative estimate of drug-likeness (QED) is 0.332. The number of rotatable bonds is 6. The summed E-state index contributed by atoms with van der Waals surface area (Å²) in [5.41, 5.74) is 3.25. The summed E-state index contributed by atoms with van der Waals surface area (Å²) < 4.78 is 38.0. The van der Waals surface area contributed by atoms with Crippen LogP contribution < -0.4 is 4.74 Å². The monoisotopic (exact) mass is 430 g/mol. The smallest absolute Gasteiger partial charge is 0.294 e. The van der Waals surface area contributed by atoms with E-state index in [1.165, 1.54) is 12.1 Å². The molecule has 4 aromatic carbocycles. The van der Waals surface area contributed by atoms with Crippen molar-refractivity contribution in [1.29, 1.82) is 0 Å². The number of benzene rings is 4. The second-order valence-corrected chi connectivity index (χ2v) is 8.63. The van der Waals surface area contributed by atoms with E-state index in [1.807, 2.05) is 60.7 Å². The Hall–Kier alpha value is -3.41. The Kier molecular flexibility index (Phi) is 5.63. The topological polar surface area (TPSA) is 63.6 Å². The fourth-order valence-corrected chi connectivity index (χ4v) is 4.57. The zero-order valence-corrected chi connectivity index (χ0v) is 17.8. The first-order valence-corrected chi connectivity index (χ1v) is 11.2. The van der Waals surface area contributed by atoms with Crippen molar-refractivity contribution in [2.24, 2.45) is 0 Å². The summed E-state index contributed by atoms with van der Waals surface area (Å²) in [6.45, 7) is 0. The van der Waals surface area contributed by atoms with E-state index in [9.17, 15) is 13.0 Å².